The highest BCUT2D eigenvalue weighted by molar-refractivity contribution is 6.83. The van der Waals surface area contributed by atoms with Crippen LogP contribution in [0, 0.1) is 0 Å². The van der Waals surface area contributed by atoms with E-state index in [4.69, 9.17) is 13.6 Å². The number of para-hydroxylation sites is 4. The van der Waals surface area contributed by atoms with Crippen LogP contribution in [0.4, 0.5) is 0 Å². The van der Waals surface area contributed by atoms with Crippen molar-refractivity contribution in [2.45, 2.75) is 32.2 Å². The standard InChI is InChI=1S/C35H36O3Si/c1-5-17-28-20-9-12-23-31(28)36-34-26-15-16-27-35(34)39(8-4,37-32-24-13-10-21-29(32)18-6-2)38-33-25-14-11-22-30(33)19-7-3/h5-7,9-16,20-27H,1-3,8,17-19H2,4H3. The first-order valence-electron chi connectivity index (χ1n) is 13.4. The lowest BCUT2D eigenvalue weighted by Gasteiger charge is -2.33. The SMILES string of the molecule is C=CCc1ccccc1Oc1ccccc1[Si](CC)(Oc1ccccc1CC=C)Oc1ccccc1CC=C. The van der Waals surface area contributed by atoms with Crippen molar-refractivity contribution in [3.05, 3.63) is 152 Å². The van der Waals surface area contributed by atoms with Gasteiger partial charge in [-0.2, -0.15) is 0 Å². The molecule has 0 heterocycles. The van der Waals surface area contributed by atoms with Gasteiger partial charge in [-0.25, -0.2) is 0 Å². The lowest BCUT2D eigenvalue weighted by molar-refractivity contribution is 0.392. The topological polar surface area (TPSA) is 27.7 Å². The molecule has 4 aromatic rings. The zero-order valence-electron chi connectivity index (χ0n) is 22.6. The first-order chi connectivity index (χ1) is 19.1. The molecule has 198 valence electrons. The smallest absolute Gasteiger partial charge is 0.499 e. The van der Waals surface area contributed by atoms with Gasteiger partial charge >= 0.3 is 8.56 Å². The highest BCUT2D eigenvalue weighted by Gasteiger charge is 2.46. The lowest BCUT2D eigenvalue weighted by Crippen LogP contribution is -2.59. The van der Waals surface area contributed by atoms with Gasteiger partial charge in [0.15, 0.2) is 0 Å². The third-order valence-corrected chi connectivity index (χ3v) is 9.81. The Morgan fingerprint density at radius 2 is 0.923 bits per heavy atom. The van der Waals surface area contributed by atoms with E-state index in [2.05, 4.69) is 50.9 Å². The highest BCUT2D eigenvalue weighted by atomic mass is 28.4. The van der Waals surface area contributed by atoms with Crippen LogP contribution in [0.25, 0.3) is 0 Å². The van der Waals surface area contributed by atoms with Crippen molar-refractivity contribution in [1.29, 1.82) is 0 Å². The largest absolute Gasteiger partial charge is 0.508 e. The maximum Gasteiger partial charge on any atom is 0.499 e. The number of hydrogen-bond acceptors (Lipinski definition) is 3. The Balaban J connectivity index is 1.87. The summed E-state index contributed by atoms with van der Waals surface area (Å²) in [7, 11) is -3.20. The molecular weight excluding hydrogens is 496 g/mol. The number of rotatable bonds is 14. The van der Waals surface area contributed by atoms with Crippen LogP contribution in [0.2, 0.25) is 6.04 Å². The third kappa shape index (κ3) is 6.59. The predicted molar refractivity (Wildman–Crippen MR) is 165 cm³/mol. The number of allylic oxidation sites excluding steroid dienone is 3. The summed E-state index contributed by atoms with van der Waals surface area (Å²) in [4.78, 5) is 0. The van der Waals surface area contributed by atoms with Gasteiger partial charge < -0.3 is 13.6 Å². The van der Waals surface area contributed by atoms with Crippen LogP contribution in [0.15, 0.2) is 135 Å². The first-order valence-corrected chi connectivity index (χ1v) is 15.4. The zero-order chi connectivity index (χ0) is 27.5. The molecule has 4 aromatic carbocycles. The van der Waals surface area contributed by atoms with Crippen LogP contribution < -0.4 is 18.8 Å². The molecule has 0 atom stereocenters. The number of benzene rings is 4. The molecule has 3 nitrogen and oxygen atoms in total. The summed E-state index contributed by atoms with van der Waals surface area (Å²) in [6.45, 7) is 13.9. The Kier molecular flexibility index (Phi) is 9.60. The highest BCUT2D eigenvalue weighted by Crippen LogP contribution is 2.32. The van der Waals surface area contributed by atoms with Crippen LogP contribution >= 0.6 is 0 Å². The van der Waals surface area contributed by atoms with Gasteiger partial charge in [0.1, 0.15) is 23.0 Å². The normalized spacial score (nSPS) is 10.9. The molecule has 0 N–H and O–H groups in total. The quantitative estimate of drug-likeness (QED) is 0.120. The van der Waals surface area contributed by atoms with Gasteiger partial charge in [0, 0.05) is 6.04 Å². The molecule has 0 amide bonds. The van der Waals surface area contributed by atoms with Gasteiger partial charge in [-0.05, 0) is 60.2 Å². The van der Waals surface area contributed by atoms with Gasteiger partial charge in [0.25, 0.3) is 0 Å². The van der Waals surface area contributed by atoms with Crippen molar-refractivity contribution in [1.82, 2.24) is 0 Å². The summed E-state index contributed by atoms with van der Waals surface area (Å²) in [6, 6.07) is 33.0. The minimum absolute atomic E-state index is 0.659. The molecule has 0 aliphatic rings. The Bertz CT molecular complexity index is 1370. The van der Waals surface area contributed by atoms with E-state index in [9.17, 15) is 0 Å². The molecule has 0 aliphatic carbocycles. The molecule has 0 spiro atoms. The second-order valence-corrected chi connectivity index (χ2v) is 12.4. The maximum atomic E-state index is 7.06. The number of ether oxygens (including phenoxy) is 1. The van der Waals surface area contributed by atoms with Crippen molar-refractivity contribution < 1.29 is 13.6 Å². The molecular formula is C35H36O3Si. The van der Waals surface area contributed by atoms with E-state index in [1.165, 1.54) is 0 Å². The van der Waals surface area contributed by atoms with E-state index < -0.39 is 8.56 Å². The van der Waals surface area contributed by atoms with Crippen molar-refractivity contribution in [2.24, 2.45) is 0 Å². The van der Waals surface area contributed by atoms with Crippen LogP contribution in [-0.2, 0) is 19.3 Å². The minimum Gasteiger partial charge on any atom is -0.508 e. The van der Waals surface area contributed by atoms with Gasteiger partial charge in [0.05, 0.1) is 5.19 Å². The summed E-state index contributed by atoms with van der Waals surface area (Å²) in [5.74, 6) is 3.12. The fourth-order valence-corrected chi connectivity index (χ4v) is 7.49. The van der Waals surface area contributed by atoms with Crippen LogP contribution in [-0.4, -0.2) is 8.56 Å². The van der Waals surface area contributed by atoms with E-state index in [0.717, 1.165) is 44.9 Å². The van der Waals surface area contributed by atoms with E-state index in [1.54, 1.807) is 0 Å². The van der Waals surface area contributed by atoms with Crippen molar-refractivity contribution in [3.8, 4) is 23.0 Å². The van der Waals surface area contributed by atoms with Crippen LogP contribution in [0.1, 0.15) is 23.6 Å². The summed E-state index contributed by atoms with van der Waals surface area (Å²) >= 11 is 0. The third-order valence-electron chi connectivity index (χ3n) is 6.54. The van der Waals surface area contributed by atoms with E-state index in [-0.39, 0.29) is 0 Å². The van der Waals surface area contributed by atoms with Gasteiger partial charge in [-0.15, -0.1) is 19.7 Å². The van der Waals surface area contributed by atoms with E-state index in [0.29, 0.717) is 25.3 Å². The second-order valence-electron chi connectivity index (χ2n) is 9.21. The van der Waals surface area contributed by atoms with Crippen molar-refractivity contribution >= 4 is 13.7 Å². The Morgan fingerprint density at radius 3 is 1.38 bits per heavy atom. The number of hydrogen-bond donors (Lipinski definition) is 0. The average molecular weight is 533 g/mol. The molecule has 0 radical (unpaired) electrons. The van der Waals surface area contributed by atoms with Crippen molar-refractivity contribution in [3.63, 3.8) is 0 Å². The Morgan fingerprint density at radius 1 is 0.538 bits per heavy atom. The van der Waals surface area contributed by atoms with Crippen LogP contribution in [0.5, 0.6) is 23.0 Å². The molecule has 0 saturated carbocycles. The zero-order valence-corrected chi connectivity index (χ0v) is 23.6. The fourth-order valence-electron chi connectivity index (χ4n) is 4.59. The molecule has 0 aromatic heterocycles. The molecule has 4 rings (SSSR count). The molecule has 0 aliphatic heterocycles. The lowest BCUT2D eigenvalue weighted by atomic mass is 10.1. The molecule has 4 heteroatoms. The summed E-state index contributed by atoms with van der Waals surface area (Å²) in [6.07, 6.45) is 7.79. The first kappa shape index (κ1) is 27.7. The monoisotopic (exact) mass is 532 g/mol. The fraction of sp³-hybridized carbons (Fsp3) is 0.143. The van der Waals surface area contributed by atoms with Gasteiger partial charge in [-0.3, -0.25) is 0 Å². The van der Waals surface area contributed by atoms with E-state index >= 15 is 0 Å². The summed E-state index contributed by atoms with van der Waals surface area (Å²) in [5.41, 5.74) is 3.20. The summed E-state index contributed by atoms with van der Waals surface area (Å²) < 4.78 is 20.7. The second kappa shape index (κ2) is 13.5. The Hall–Kier alpha value is -4.28. The van der Waals surface area contributed by atoms with Crippen LogP contribution in [0.3, 0.4) is 0 Å². The molecule has 0 unspecified atom stereocenters. The summed E-state index contributed by atoms with van der Waals surface area (Å²) in [5, 5.41) is 0.933. The molecule has 0 fully saturated rings. The van der Waals surface area contributed by atoms with E-state index in [1.807, 2.05) is 91.0 Å². The molecule has 39 heavy (non-hydrogen) atoms. The molecule has 0 saturated heterocycles. The van der Waals surface area contributed by atoms with Crippen molar-refractivity contribution in [2.75, 3.05) is 0 Å². The van der Waals surface area contributed by atoms with Gasteiger partial charge in [-0.1, -0.05) is 97.9 Å². The predicted octanol–water partition coefficient (Wildman–Crippen LogP) is 8.49. The minimum atomic E-state index is -3.20. The Labute approximate surface area is 234 Å². The average Bonchev–Trinajstić information content (AvgIpc) is 2.96. The van der Waals surface area contributed by atoms with Gasteiger partial charge in [0.2, 0.25) is 0 Å². The maximum absolute atomic E-state index is 7.06. The molecule has 0 bridgehead atoms.